The van der Waals surface area contributed by atoms with Crippen molar-refractivity contribution in [2.45, 2.75) is 0 Å². The fourth-order valence-electron chi connectivity index (χ4n) is 1.81. The van der Waals surface area contributed by atoms with Gasteiger partial charge in [-0.1, -0.05) is 30.0 Å². The van der Waals surface area contributed by atoms with E-state index < -0.39 is 4.92 Å². The highest BCUT2D eigenvalue weighted by Crippen LogP contribution is 2.14. The van der Waals surface area contributed by atoms with Crippen molar-refractivity contribution in [1.82, 2.24) is 5.32 Å². The lowest BCUT2D eigenvalue weighted by Crippen LogP contribution is -2.22. The Kier molecular flexibility index (Phi) is 8.22. The molecule has 0 fully saturated rings. The fraction of sp³-hybridized carbons (Fsp3) is 0.176. The van der Waals surface area contributed by atoms with E-state index in [4.69, 9.17) is 0 Å². The molecule has 0 bridgehead atoms. The quantitative estimate of drug-likeness (QED) is 0.369. The van der Waals surface area contributed by atoms with Gasteiger partial charge in [-0.2, -0.15) is 0 Å². The first-order valence-corrected chi connectivity index (χ1v) is 6.99. The first-order valence-electron chi connectivity index (χ1n) is 6.99. The van der Waals surface area contributed by atoms with E-state index in [0.717, 1.165) is 24.3 Å². The molecule has 2 aromatic carbocycles. The molecule has 0 spiro atoms. The van der Waals surface area contributed by atoms with Crippen LogP contribution in [0.1, 0.15) is 5.56 Å². The van der Waals surface area contributed by atoms with Crippen LogP contribution in [0.4, 0.5) is 11.4 Å². The summed E-state index contributed by atoms with van der Waals surface area (Å²) < 4.78 is 0. The van der Waals surface area contributed by atoms with Gasteiger partial charge >= 0.3 is 0 Å². The molecule has 0 aliphatic rings. The molecule has 6 heteroatoms. The van der Waals surface area contributed by atoms with Gasteiger partial charge in [0, 0.05) is 36.5 Å². The zero-order valence-electron chi connectivity index (χ0n) is 12.5. The average Bonchev–Trinajstić information content (AvgIpc) is 2.55. The van der Waals surface area contributed by atoms with Crippen molar-refractivity contribution in [1.29, 1.82) is 0 Å². The summed E-state index contributed by atoms with van der Waals surface area (Å²) in [4.78, 5) is 10.1. The van der Waals surface area contributed by atoms with Gasteiger partial charge in [0.25, 0.3) is 5.69 Å². The minimum Gasteiger partial charge on any atom is -0.384 e. The van der Waals surface area contributed by atoms with E-state index in [0.29, 0.717) is 6.54 Å². The van der Waals surface area contributed by atoms with Gasteiger partial charge in [0.15, 0.2) is 0 Å². The van der Waals surface area contributed by atoms with Crippen LogP contribution in [0.5, 0.6) is 0 Å². The molecule has 0 saturated heterocycles. The second-order valence-corrected chi connectivity index (χ2v) is 4.58. The minimum atomic E-state index is -0.406. The zero-order valence-corrected chi connectivity index (χ0v) is 13.3. The van der Waals surface area contributed by atoms with E-state index in [-0.39, 0.29) is 18.1 Å². The number of non-ortho nitro benzene ring substituents is 1. The van der Waals surface area contributed by atoms with Crippen LogP contribution in [-0.4, -0.2) is 24.6 Å². The number of benzene rings is 2. The third-order valence-corrected chi connectivity index (χ3v) is 2.93. The van der Waals surface area contributed by atoms with Gasteiger partial charge in [-0.3, -0.25) is 10.1 Å². The lowest BCUT2D eigenvalue weighted by molar-refractivity contribution is -0.384. The molecule has 0 aliphatic heterocycles. The van der Waals surface area contributed by atoms with E-state index in [1.165, 1.54) is 12.1 Å². The number of hydrogen-bond donors (Lipinski definition) is 2. The number of nitrogens with zero attached hydrogens (tertiary/aromatic N) is 1. The number of nitrogens with one attached hydrogen (secondary N) is 2. The molecule has 23 heavy (non-hydrogen) atoms. The molecule has 0 aromatic heterocycles. The van der Waals surface area contributed by atoms with Crippen LogP contribution in [0.2, 0.25) is 0 Å². The average molecular weight is 332 g/mol. The van der Waals surface area contributed by atoms with Gasteiger partial charge in [0.1, 0.15) is 0 Å². The Bertz CT molecular complexity index is 664. The molecular weight excluding hydrogens is 314 g/mol. The van der Waals surface area contributed by atoms with Crippen LogP contribution in [0, 0.1) is 22.0 Å². The SMILES string of the molecule is Cl.O=[N+]([O-])c1ccc(NCCNCC#Cc2ccccc2)cc1. The summed E-state index contributed by atoms with van der Waals surface area (Å²) in [6.07, 6.45) is 0. The smallest absolute Gasteiger partial charge is 0.269 e. The third-order valence-electron chi connectivity index (χ3n) is 2.93. The zero-order chi connectivity index (χ0) is 15.6. The predicted octanol–water partition coefficient (Wildman–Crippen LogP) is 3.07. The van der Waals surface area contributed by atoms with E-state index in [1.54, 1.807) is 12.1 Å². The number of halogens is 1. The Morgan fingerprint density at radius 2 is 1.70 bits per heavy atom. The second kappa shape index (κ2) is 10.2. The van der Waals surface area contributed by atoms with Gasteiger partial charge in [-0.05, 0) is 24.3 Å². The molecule has 0 unspecified atom stereocenters. The molecular formula is C17H18ClN3O2. The number of nitro groups is 1. The van der Waals surface area contributed by atoms with Crippen LogP contribution < -0.4 is 10.6 Å². The number of rotatable bonds is 6. The summed E-state index contributed by atoms with van der Waals surface area (Å²) in [5.74, 6) is 6.13. The normalized spacial score (nSPS) is 9.22. The maximum absolute atomic E-state index is 10.5. The van der Waals surface area contributed by atoms with Crippen LogP contribution in [0.15, 0.2) is 54.6 Å². The van der Waals surface area contributed by atoms with Gasteiger partial charge in [-0.15, -0.1) is 12.4 Å². The van der Waals surface area contributed by atoms with Crippen molar-refractivity contribution in [3.63, 3.8) is 0 Å². The standard InChI is InChI=1S/C17H17N3O2.ClH/c21-20(22)17-10-8-16(9-11-17)19-14-13-18-12-4-7-15-5-2-1-3-6-15;/h1-3,5-6,8-11,18-19H,12-14H2;1H. The molecule has 120 valence electrons. The van der Waals surface area contributed by atoms with Gasteiger partial charge in [0.2, 0.25) is 0 Å². The lowest BCUT2D eigenvalue weighted by Gasteiger charge is -2.05. The largest absolute Gasteiger partial charge is 0.384 e. The Morgan fingerprint density at radius 1 is 1.00 bits per heavy atom. The highest BCUT2D eigenvalue weighted by atomic mass is 35.5. The van der Waals surface area contributed by atoms with Crippen LogP contribution in [-0.2, 0) is 0 Å². The molecule has 0 heterocycles. The summed E-state index contributed by atoms with van der Waals surface area (Å²) in [5.41, 5.74) is 1.97. The van der Waals surface area contributed by atoms with E-state index in [9.17, 15) is 10.1 Å². The summed E-state index contributed by atoms with van der Waals surface area (Å²) >= 11 is 0. The summed E-state index contributed by atoms with van der Waals surface area (Å²) in [6, 6.07) is 16.2. The van der Waals surface area contributed by atoms with Gasteiger partial charge < -0.3 is 10.6 Å². The topological polar surface area (TPSA) is 67.2 Å². The predicted molar refractivity (Wildman–Crippen MR) is 95.0 cm³/mol. The van der Waals surface area contributed by atoms with Gasteiger partial charge in [0.05, 0.1) is 11.5 Å². The molecule has 2 N–H and O–H groups in total. The maximum Gasteiger partial charge on any atom is 0.269 e. The summed E-state index contributed by atoms with van der Waals surface area (Å²) in [5, 5.41) is 16.9. The summed E-state index contributed by atoms with van der Waals surface area (Å²) in [7, 11) is 0. The first kappa shape index (κ1) is 18.5. The number of nitro benzene ring substituents is 1. The number of hydrogen-bond acceptors (Lipinski definition) is 4. The molecule has 5 nitrogen and oxygen atoms in total. The first-order chi connectivity index (χ1) is 10.8. The van der Waals surface area contributed by atoms with E-state index in [2.05, 4.69) is 22.5 Å². The maximum atomic E-state index is 10.5. The highest BCUT2D eigenvalue weighted by Gasteiger charge is 2.02. The van der Waals surface area contributed by atoms with Crippen molar-refractivity contribution in [3.05, 3.63) is 70.3 Å². The molecule has 0 radical (unpaired) electrons. The molecule has 0 atom stereocenters. The molecule has 2 aromatic rings. The van der Waals surface area contributed by atoms with Crippen molar-refractivity contribution in [2.75, 3.05) is 25.0 Å². The molecule has 0 saturated carbocycles. The van der Waals surface area contributed by atoms with Crippen molar-refractivity contribution in [3.8, 4) is 11.8 Å². The fourth-order valence-corrected chi connectivity index (χ4v) is 1.81. The number of anilines is 1. The van der Waals surface area contributed by atoms with Crippen LogP contribution in [0.3, 0.4) is 0 Å². The molecule has 0 aliphatic carbocycles. The Balaban J connectivity index is 0.00000264. The summed E-state index contributed by atoms with van der Waals surface area (Å²) in [6.45, 7) is 2.11. The Labute approximate surface area is 141 Å². The monoisotopic (exact) mass is 331 g/mol. The second-order valence-electron chi connectivity index (χ2n) is 4.58. The lowest BCUT2D eigenvalue weighted by atomic mass is 10.2. The van der Waals surface area contributed by atoms with Crippen LogP contribution in [0.25, 0.3) is 0 Å². The third kappa shape index (κ3) is 6.83. The van der Waals surface area contributed by atoms with Gasteiger partial charge in [-0.25, -0.2) is 0 Å². The van der Waals surface area contributed by atoms with Crippen molar-refractivity contribution in [2.24, 2.45) is 0 Å². The molecule has 2 rings (SSSR count). The Morgan fingerprint density at radius 3 is 2.35 bits per heavy atom. The van der Waals surface area contributed by atoms with Crippen LogP contribution >= 0.6 is 12.4 Å². The van der Waals surface area contributed by atoms with E-state index >= 15 is 0 Å². The van der Waals surface area contributed by atoms with Crippen molar-refractivity contribution < 1.29 is 4.92 Å². The van der Waals surface area contributed by atoms with E-state index in [1.807, 2.05) is 30.3 Å². The highest BCUT2D eigenvalue weighted by molar-refractivity contribution is 5.85. The minimum absolute atomic E-state index is 0. The van der Waals surface area contributed by atoms with Crippen molar-refractivity contribution >= 4 is 23.8 Å². The molecule has 0 amide bonds. The Hall–Kier alpha value is -2.55.